The molecule has 0 aromatic carbocycles. The number of rotatable bonds is 2. The van der Waals surface area contributed by atoms with E-state index in [0.29, 0.717) is 18.2 Å². The third-order valence-corrected chi connectivity index (χ3v) is 3.16. The fraction of sp³-hybridized carbons (Fsp3) is 0.727. The van der Waals surface area contributed by atoms with Gasteiger partial charge >= 0.3 is 6.18 Å². The van der Waals surface area contributed by atoms with Gasteiger partial charge in [-0.1, -0.05) is 0 Å². The fourth-order valence-corrected chi connectivity index (χ4v) is 2.14. The summed E-state index contributed by atoms with van der Waals surface area (Å²) in [5, 5.41) is 6.88. The van der Waals surface area contributed by atoms with Crippen molar-refractivity contribution in [3.8, 4) is 0 Å². The predicted octanol–water partition coefficient (Wildman–Crippen LogP) is 2.21. The van der Waals surface area contributed by atoms with E-state index in [4.69, 9.17) is 0 Å². The zero-order valence-electron chi connectivity index (χ0n) is 9.72. The van der Waals surface area contributed by atoms with E-state index in [1.807, 2.05) is 0 Å². The number of nitrogens with zero attached hydrogens (tertiary/aromatic N) is 2. The van der Waals surface area contributed by atoms with Crippen LogP contribution in [-0.2, 0) is 12.7 Å². The van der Waals surface area contributed by atoms with Gasteiger partial charge in [-0.05, 0) is 44.8 Å². The number of nitrogens with one attached hydrogen (secondary N) is 1. The summed E-state index contributed by atoms with van der Waals surface area (Å²) >= 11 is 0. The van der Waals surface area contributed by atoms with Crippen molar-refractivity contribution < 1.29 is 13.2 Å². The maximum atomic E-state index is 12.5. The molecular formula is C11H16F3N3. The lowest BCUT2D eigenvalue weighted by Gasteiger charge is -2.22. The summed E-state index contributed by atoms with van der Waals surface area (Å²) in [4.78, 5) is 0. The molecule has 6 heteroatoms. The first kappa shape index (κ1) is 12.4. The van der Waals surface area contributed by atoms with Crippen LogP contribution in [0.3, 0.4) is 0 Å². The van der Waals surface area contributed by atoms with Crippen molar-refractivity contribution in [2.45, 2.75) is 32.5 Å². The van der Waals surface area contributed by atoms with Crippen molar-refractivity contribution >= 4 is 0 Å². The second-order valence-corrected chi connectivity index (χ2v) is 4.54. The number of hydrogen-bond acceptors (Lipinski definition) is 2. The SMILES string of the molecule is Cc1cc(C(F)(F)F)nn1CC1CCNCC1. The Balaban J connectivity index is 2.07. The Morgan fingerprint density at radius 2 is 2.06 bits per heavy atom. The molecule has 0 spiro atoms. The molecule has 1 aromatic heterocycles. The molecule has 1 aliphatic rings. The van der Waals surface area contributed by atoms with E-state index in [0.717, 1.165) is 32.0 Å². The number of piperidine rings is 1. The van der Waals surface area contributed by atoms with Gasteiger partial charge in [-0.3, -0.25) is 4.68 Å². The van der Waals surface area contributed by atoms with Crippen molar-refractivity contribution in [3.05, 3.63) is 17.5 Å². The van der Waals surface area contributed by atoms with Crippen molar-refractivity contribution in [1.29, 1.82) is 0 Å². The molecule has 96 valence electrons. The van der Waals surface area contributed by atoms with E-state index in [9.17, 15) is 13.2 Å². The fourth-order valence-electron chi connectivity index (χ4n) is 2.14. The minimum atomic E-state index is -4.34. The van der Waals surface area contributed by atoms with Crippen LogP contribution in [0.1, 0.15) is 24.2 Å². The lowest BCUT2D eigenvalue weighted by atomic mass is 9.98. The van der Waals surface area contributed by atoms with Gasteiger partial charge in [-0.15, -0.1) is 0 Å². The van der Waals surface area contributed by atoms with E-state index in [2.05, 4.69) is 10.4 Å². The van der Waals surface area contributed by atoms with Crippen LogP contribution >= 0.6 is 0 Å². The van der Waals surface area contributed by atoms with Crippen LogP contribution in [0.2, 0.25) is 0 Å². The number of alkyl halides is 3. The number of aromatic nitrogens is 2. The lowest BCUT2D eigenvalue weighted by Crippen LogP contribution is -2.30. The Morgan fingerprint density at radius 1 is 1.41 bits per heavy atom. The van der Waals surface area contributed by atoms with Crippen molar-refractivity contribution in [2.24, 2.45) is 5.92 Å². The normalized spacial score (nSPS) is 18.6. The first-order chi connectivity index (χ1) is 7.97. The second kappa shape index (κ2) is 4.68. The summed E-state index contributed by atoms with van der Waals surface area (Å²) in [7, 11) is 0. The van der Waals surface area contributed by atoms with E-state index < -0.39 is 11.9 Å². The van der Waals surface area contributed by atoms with Crippen molar-refractivity contribution in [1.82, 2.24) is 15.1 Å². The monoisotopic (exact) mass is 247 g/mol. The Labute approximate surface area is 98.0 Å². The summed E-state index contributed by atoms with van der Waals surface area (Å²) in [6.45, 7) is 4.14. The minimum absolute atomic E-state index is 0.427. The average molecular weight is 247 g/mol. The highest BCUT2D eigenvalue weighted by Crippen LogP contribution is 2.28. The Bertz CT molecular complexity index is 378. The molecule has 3 nitrogen and oxygen atoms in total. The molecule has 2 heterocycles. The van der Waals surface area contributed by atoms with Crippen molar-refractivity contribution in [2.75, 3.05) is 13.1 Å². The van der Waals surface area contributed by atoms with Crippen LogP contribution < -0.4 is 5.32 Å². The van der Waals surface area contributed by atoms with E-state index in [1.54, 1.807) is 6.92 Å². The minimum Gasteiger partial charge on any atom is -0.317 e. The van der Waals surface area contributed by atoms with Crippen LogP contribution in [0.15, 0.2) is 6.07 Å². The van der Waals surface area contributed by atoms with Crippen LogP contribution in [0.25, 0.3) is 0 Å². The molecule has 0 aliphatic carbocycles. The van der Waals surface area contributed by atoms with E-state index >= 15 is 0 Å². The molecule has 0 unspecified atom stereocenters. The van der Waals surface area contributed by atoms with Gasteiger partial charge < -0.3 is 5.32 Å². The predicted molar refractivity (Wildman–Crippen MR) is 57.6 cm³/mol. The molecule has 0 bridgehead atoms. The topological polar surface area (TPSA) is 29.9 Å². The molecule has 0 saturated carbocycles. The van der Waals surface area contributed by atoms with Gasteiger partial charge in [-0.2, -0.15) is 18.3 Å². The third-order valence-electron chi connectivity index (χ3n) is 3.16. The van der Waals surface area contributed by atoms with Gasteiger partial charge in [0.25, 0.3) is 0 Å². The van der Waals surface area contributed by atoms with Gasteiger partial charge in [-0.25, -0.2) is 0 Å². The quantitative estimate of drug-likeness (QED) is 0.868. The lowest BCUT2D eigenvalue weighted by molar-refractivity contribution is -0.141. The molecule has 1 aromatic rings. The number of hydrogen-bond donors (Lipinski definition) is 1. The van der Waals surface area contributed by atoms with E-state index in [-0.39, 0.29) is 0 Å². The Kier molecular flexibility index (Phi) is 3.42. The zero-order valence-corrected chi connectivity index (χ0v) is 9.72. The van der Waals surface area contributed by atoms with Crippen molar-refractivity contribution in [3.63, 3.8) is 0 Å². The van der Waals surface area contributed by atoms with Crippen LogP contribution in [0.4, 0.5) is 13.2 Å². The molecular weight excluding hydrogens is 231 g/mol. The molecule has 1 N–H and O–H groups in total. The third kappa shape index (κ3) is 3.00. The smallest absolute Gasteiger partial charge is 0.317 e. The van der Waals surface area contributed by atoms with Gasteiger partial charge in [0.1, 0.15) is 0 Å². The van der Waals surface area contributed by atoms with Crippen LogP contribution in [-0.4, -0.2) is 22.9 Å². The summed E-state index contributed by atoms with van der Waals surface area (Å²) in [6.07, 6.45) is -2.34. The highest BCUT2D eigenvalue weighted by atomic mass is 19.4. The molecule has 0 amide bonds. The molecule has 1 fully saturated rings. The van der Waals surface area contributed by atoms with Crippen LogP contribution in [0.5, 0.6) is 0 Å². The second-order valence-electron chi connectivity index (χ2n) is 4.54. The summed E-state index contributed by atoms with van der Waals surface area (Å²) < 4.78 is 38.9. The van der Waals surface area contributed by atoms with Gasteiger partial charge in [0.05, 0.1) is 0 Å². The molecule has 1 aliphatic heterocycles. The number of aryl methyl sites for hydroxylation is 1. The summed E-state index contributed by atoms with van der Waals surface area (Å²) in [6, 6.07) is 1.11. The Hall–Kier alpha value is -1.04. The molecule has 0 atom stereocenters. The van der Waals surface area contributed by atoms with Gasteiger partial charge in [0, 0.05) is 12.2 Å². The van der Waals surface area contributed by atoms with Gasteiger partial charge in [0.15, 0.2) is 5.69 Å². The molecule has 0 radical (unpaired) electrons. The number of halogens is 3. The Morgan fingerprint density at radius 3 is 2.59 bits per heavy atom. The highest BCUT2D eigenvalue weighted by Gasteiger charge is 2.34. The molecule has 1 saturated heterocycles. The highest BCUT2D eigenvalue weighted by molar-refractivity contribution is 5.11. The zero-order chi connectivity index (χ0) is 12.5. The van der Waals surface area contributed by atoms with Gasteiger partial charge in [0.2, 0.25) is 0 Å². The molecule has 17 heavy (non-hydrogen) atoms. The summed E-state index contributed by atoms with van der Waals surface area (Å²) in [5.41, 5.74) is -0.209. The largest absolute Gasteiger partial charge is 0.435 e. The maximum Gasteiger partial charge on any atom is 0.435 e. The average Bonchev–Trinajstić information content (AvgIpc) is 2.62. The summed E-state index contributed by atoms with van der Waals surface area (Å²) in [5.74, 6) is 0.427. The first-order valence-electron chi connectivity index (χ1n) is 5.79. The maximum absolute atomic E-state index is 12.5. The van der Waals surface area contributed by atoms with E-state index in [1.165, 1.54) is 4.68 Å². The first-order valence-corrected chi connectivity index (χ1v) is 5.79. The van der Waals surface area contributed by atoms with Crippen LogP contribution in [0, 0.1) is 12.8 Å². The standard InChI is InChI=1S/C11H16F3N3/c1-8-6-10(11(12,13)14)16-17(8)7-9-2-4-15-5-3-9/h6,9,15H,2-5,7H2,1H3. The molecule has 2 rings (SSSR count).